The van der Waals surface area contributed by atoms with E-state index in [2.05, 4.69) is 10.1 Å². The maximum absolute atomic E-state index is 12.0. The molecule has 2 heterocycles. The molecule has 0 unspecified atom stereocenters. The van der Waals surface area contributed by atoms with E-state index in [9.17, 15) is 14.4 Å². The Bertz CT molecular complexity index is 847. The van der Waals surface area contributed by atoms with Crippen molar-refractivity contribution in [2.45, 2.75) is 0 Å². The average molecular weight is 243 g/mol. The van der Waals surface area contributed by atoms with Crippen LogP contribution in [0.15, 0.2) is 23.0 Å². The summed E-state index contributed by atoms with van der Waals surface area (Å²) in [5, 5.41) is 12.6. The van der Waals surface area contributed by atoms with Crippen LogP contribution in [0.4, 0.5) is 0 Å². The third kappa shape index (κ3) is 1.27. The third-order valence-corrected chi connectivity index (χ3v) is 2.56. The van der Waals surface area contributed by atoms with Gasteiger partial charge in [0.25, 0.3) is 5.56 Å². The molecular weight excluding hydrogens is 238 g/mol. The molecule has 1 aliphatic carbocycles. The molecule has 0 amide bonds. The molecule has 7 heteroatoms. The van der Waals surface area contributed by atoms with Crippen LogP contribution in [0.1, 0.15) is 21.0 Å². The first kappa shape index (κ1) is 10.3. The summed E-state index contributed by atoms with van der Waals surface area (Å²) in [6.45, 7) is 0. The van der Waals surface area contributed by atoms with Crippen LogP contribution in [0.3, 0.4) is 0 Å². The largest absolute Gasteiger partial charge is 0.476 e. The highest BCUT2D eigenvalue weighted by Gasteiger charge is 2.18. The summed E-state index contributed by atoms with van der Waals surface area (Å²) in [6, 6.07) is 1.15. The van der Waals surface area contributed by atoms with Crippen LogP contribution < -0.4 is 10.8 Å². The average Bonchev–Trinajstić information content (AvgIpc) is 2.75. The number of carbonyl (C=O) groups is 2. The molecule has 2 aromatic heterocycles. The zero-order valence-corrected chi connectivity index (χ0v) is 8.82. The van der Waals surface area contributed by atoms with E-state index in [4.69, 9.17) is 5.11 Å². The smallest absolute Gasteiger partial charge is 0.356 e. The Morgan fingerprint density at radius 3 is 2.83 bits per heavy atom. The van der Waals surface area contributed by atoms with E-state index in [-0.39, 0.29) is 28.0 Å². The lowest BCUT2D eigenvalue weighted by Crippen LogP contribution is -2.38. The zero-order valence-electron chi connectivity index (χ0n) is 8.82. The van der Waals surface area contributed by atoms with Gasteiger partial charge in [-0.1, -0.05) is 6.08 Å². The highest BCUT2D eigenvalue weighted by atomic mass is 16.4. The second-order valence-electron chi connectivity index (χ2n) is 3.67. The fraction of sp³-hybridized carbons (Fsp3) is 0. The molecule has 0 aliphatic heterocycles. The summed E-state index contributed by atoms with van der Waals surface area (Å²) in [7, 11) is 0. The molecule has 0 bridgehead atoms. The molecule has 88 valence electrons. The minimum Gasteiger partial charge on any atom is -0.476 e. The Morgan fingerprint density at radius 2 is 2.11 bits per heavy atom. The number of allylic oxidation sites excluding steroid dienone is 2. The minimum atomic E-state index is -1.26. The molecule has 0 atom stereocenters. The monoisotopic (exact) mass is 243 g/mol. The SMILES string of the molecule is O=C(O)c1cc2nc3c(c(=O)n2n1)=CC=CC3=O. The van der Waals surface area contributed by atoms with Gasteiger partial charge in [0, 0.05) is 6.07 Å². The number of carbonyl (C=O) groups excluding carboxylic acids is 1. The number of fused-ring (bicyclic) bond motifs is 2. The fourth-order valence-corrected chi connectivity index (χ4v) is 1.74. The van der Waals surface area contributed by atoms with E-state index in [1.807, 2.05) is 0 Å². The predicted molar refractivity (Wildman–Crippen MR) is 59.4 cm³/mol. The van der Waals surface area contributed by atoms with Crippen LogP contribution in [-0.2, 0) is 0 Å². The van der Waals surface area contributed by atoms with E-state index in [1.54, 1.807) is 0 Å². The van der Waals surface area contributed by atoms with Gasteiger partial charge in [0.05, 0.1) is 5.22 Å². The van der Waals surface area contributed by atoms with Crippen molar-refractivity contribution < 1.29 is 14.7 Å². The normalized spacial score (nSPS) is 13.4. The third-order valence-electron chi connectivity index (χ3n) is 2.56. The summed E-state index contributed by atoms with van der Waals surface area (Å²) in [5.41, 5.74) is -0.775. The lowest BCUT2D eigenvalue weighted by Gasteiger charge is -2.00. The Morgan fingerprint density at radius 1 is 1.33 bits per heavy atom. The number of hydrogen-bond donors (Lipinski definition) is 1. The summed E-state index contributed by atoms with van der Waals surface area (Å²) in [4.78, 5) is 38.3. The van der Waals surface area contributed by atoms with Crippen molar-refractivity contribution in [1.29, 1.82) is 0 Å². The van der Waals surface area contributed by atoms with E-state index in [0.717, 1.165) is 10.6 Å². The van der Waals surface area contributed by atoms with Crippen LogP contribution in [0.5, 0.6) is 0 Å². The number of hydrogen-bond acceptors (Lipinski definition) is 5. The Hall–Kier alpha value is -2.83. The van der Waals surface area contributed by atoms with Gasteiger partial charge >= 0.3 is 5.97 Å². The highest BCUT2D eigenvalue weighted by molar-refractivity contribution is 6.05. The molecule has 3 rings (SSSR count). The van der Waals surface area contributed by atoms with Gasteiger partial charge in [-0.05, 0) is 12.2 Å². The molecule has 0 radical (unpaired) electrons. The van der Waals surface area contributed by atoms with Crippen molar-refractivity contribution >= 4 is 23.5 Å². The zero-order chi connectivity index (χ0) is 12.9. The molecule has 7 nitrogen and oxygen atoms in total. The lowest BCUT2D eigenvalue weighted by molar-refractivity contribution is 0.0690. The van der Waals surface area contributed by atoms with Gasteiger partial charge in [-0.25, -0.2) is 9.78 Å². The number of carboxylic acid groups (broad SMARTS) is 1. The molecule has 1 N–H and O–H groups in total. The minimum absolute atomic E-state index is 0.0202. The van der Waals surface area contributed by atoms with Crippen LogP contribution in [0, 0.1) is 0 Å². The first-order valence-electron chi connectivity index (χ1n) is 4.98. The van der Waals surface area contributed by atoms with Crippen molar-refractivity contribution in [3.63, 3.8) is 0 Å². The van der Waals surface area contributed by atoms with Gasteiger partial charge in [-0.15, -0.1) is 0 Å². The molecule has 2 aromatic rings. The van der Waals surface area contributed by atoms with Crippen molar-refractivity contribution in [1.82, 2.24) is 14.6 Å². The quantitative estimate of drug-likeness (QED) is 0.692. The predicted octanol–water partition coefficient (Wildman–Crippen LogP) is -0.960. The van der Waals surface area contributed by atoms with E-state index in [0.29, 0.717) is 0 Å². The molecule has 0 aromatic carbocycles. The number of ketones is 1. The summed E-state index contributed by atoms with van der Waals surface area (Å²) in [5.74, 6) is -1.64. The van der Waals surface area contributed by atoms with Crippen LogP contribution in [0.2, 0.25) is 0 Å². The lowest BCUT2D eigenvalue weighted by atomic mass is 10.1. The van der Waals surface area contributed by atoms with Crippen LogP contribution >= 0.6 is 0 Å². The van der Waals surface area contributed by atoms with E-state index < -0.39 is 11.5 Å². The van der Waals surface area contributed by atoms with Gasteiger partial charge < -0.3 is 5.11 Å². The van der Waals surface area contributed by atoms with Crippen LogP contribution in [-0.4, -0.2) is 31.5 Å². The standard InChI is InChI=1S/C11H5N3O4/c15-7-3-1-2-5-9(7)12-8-4-6(11(17)18)13-14(8)10(5)16/h1-4H,(H,17,18). The van der Waals surface area contributed by atoms with Gasteiger partial charge in [0.2, 0.25) is 5.78 Å². The Kier molecular flexibility index (Phi) is 1.91. The van der Waals surface area contributed by atoms with Gasteiger partial charge in [0.15, 0.2) is 11.3 Å². The molecule has 0 saturated carbocycles. The second-order valence-corrected chi connectivity index (χ2v) is 3.67. The van der Waals surface area contributed by atoms with Crippen molar-refractivity contribution in [2.24, 2.45) is 0 Å². The van der Waals surface area contributed by atoms with Gasteiger partial charge in [0.1, 0.15) is 5.69 Å². The first-order chi connectivity index (χ1) is 8.58. The van der Waals surface area contributed by atoms with Crippen molar-refractivity contribution in [3.8, 4) is 0 Å². The maximum Gasteiger partial charge on any atom is 0.356 e. The summed E-state index contributed by atoms with van der Waals surface area (Å²) >= 11 is 0. The van der Waals surface area contributed by atoms with Gasteiger partial charge in [-0.2, -0.15) is 9.61 Å². The summed E-state index contributed by atoms with van der Waals surface area (Å²) in [6.07, 6.45) is 4.19. The molecular formula is C11H5N3O4. The highest BCUT2D eigenvalue weighted by Crippen LogP contribution is 2.03. The number of rotatable bonds is 1. The number of nitrogens with zero attached hydrogens (tertiary/aromatic N) is 3. The summed E-state index contributed by atoms with van der Waals surface area (Å²) < 4.78 is 0.880. The molecule has 0 saturated heterocycles. The number of aromatic carboxylic acids is 1. The van der Waals surface area contributed by atoms with Crippen LogP contribution in [0.25, 0.3) is 11.7 Å². The van der Waals surface area contributed by atoms with E-state index >= 15 is 0 Å². The molecule has 18 heavy (non-hydrogen) atoms. The molecule has 0 spiro atoms. The van der Waals surface area contributed by atoms with Crippen molar-refractivity contribution in [2.75, 3.05) is 0 Å². The number of carboxylic acids is 1. The Labute approximate surface area is 98.7 Å². The second kappa shape index (κ2) is 3.33. The van der Waals surface area contributed by atoms with Crippen molar-refractivity contribution in [3.05, 3.63) is 45.2 Å². The number of aromatic nitrogens is 3. The Balaban J connectivity index is 2.48. The topological polar surface area (TPSA) is 102 Å². The van der Waals surface area contributed by atoms with E-state index in [1.165, 1.54) is 18.2 Å². The van der Waals surface area contributed by atoms with Gasteiger partial charge in [-0.3, -0.25) is 9.59 Å². The molecule has 1 aliphatic rings. The maximum atomic E-state index is 12.0. The molecule has 0 fully saturated rings. The fourth-order valence-electron chi connectivity index (χ4n) is 1.74. The first-order valence-corrected chi connectivity index (χ1v) is 4.98.